The lowest BCUT2D eigenvalue weighted by Crippen LogP contribution is -2.48. The van der Waals surface area contributed by atoms with Crippen molar-refractivity contribution >= 4 is 37.9 Å². The highest BCUT2D eigenvalue weighted by atomic mass is 32.1. The van der Waals surface area contributed by atoms with Crippen LogP contribution in [0.15, 0.2) is 66.0 Å². The van der Waals surface area contributed by atoms with Crippen molar-refractivity contribution in [1.82, 2.24) is 4.90 Å². The second-order valence-electron chi connectivity index (χ2n) is 8.54. The molecule has 1 aliphatic rings. The number of rotatable bonds is 5. The molecule has 5 rings (SSSR count). The van der Waals surface area contributed by atoms with Gasteiger partial charge in [0.2, 0.25) is 0 Å². The number of halogens is 1. The van der Waals surface area contributed by atoms with Gasteiger partial charge in [-0.15, -0.1) is 11.3 Å². The summed E-state index contributed by atoms with van der Waals surface area (Å²) in [4.78, 5) is 4.90. The standard InChI is InChI=1S/C26H27FN2OS/c1-18(26(30)23-17-31-25-10-9-20(27)15-22(23)25)16-28-11-13-29(14-12-28)24-8-4-6-19-5-2-3-7-21(19)24/h2-10,15,17-18,26,30H,11-14,16H2,1H3. The number of piperazine rings is 1. The molecule has 1 N–H and O–H groups in total. The molecule has 1 fully saturated rings. The van der Waals surface area contributed by atoms with Crippen molar-refractivity contribution in [1.29, 1.82) is 0 Å². The molecule has 3 nitrogen and oxygen atoms in total. The first-order chi connectivity index (χ1) is 15.1. The fourth-order valence-corrected chi connectivity index (χ4v) is 5.69. The van der Waals surface area contributed by atoms with Crippen LogP contribution in [-0.4, -0.2) is 42.7 Å². The van der Waals surface area contributed by atoms with Gasteiger partial charge in [0.15, 0.2) is 0 Å². The van der Waals surface area contributed by atoms with Gasteiger partial charge in [0.25, 0.3) is 0 Å². The van der Waals surface area contributed by atoms with Crippen molar-refractivity contribution in [2.45, 2.75) is 13.0 Å². The van der Waals surface area contributed by atoms with Gasteiger partial charge in [0.1, 0.15) is 5.82 Å². The average Bonchev–Trinajstić information content (AvgIpc) is 3.21. The zero-order valence-electron chi connectivity index (χ0n) is 17.7. The molecule has 4 aromatic rings. The van der Waals surface area contributed by atoms with Gasteiger partial charge in [-0.1, -0.05) is 43.3 Å². The number of aliphatic hydroxyl groups excluding tert-OH is 1. The van der Waals surface area contributed by atoms with E-state index in [1.54, 1.807) is 23.5 Å². The maximum absolute atomic E-state index is 13.7. The lowest BCUT2D eigenvalue weighted by atomic mass is 9.96. The Balaban J connectivity index is 1.24. The van der Waals surface area contributed by atoms with E-state index in [9.17, 15) is 9.50 Å². The summed E-state index contributed by atoms with van der Waals surface area (Å²) in [5, 5.41) is 16.4. The maximum Gasteiger partial charge on any atom is 0.123 e. The van der Waals surface area contributed by atoms with Crippen molar-refractivity contribution in [3.05, 3.63) is 77.4 Å². The van der Waals surface area contributed by atoms with Crippen molar-refractivity contribution in [3.8, 4) is 0 Å². The Morgan fingerprint density at radius 2 is 1.74 bits per heavy atom. The van der Waals surface area contributed by atoms with Gasteiger partial charge in [-0.05, 0) is 46.5 Å². The molecular weight excluding hydrogens is 407 g/mol. The van der Waals surface area contributed by atoms with Crippen molar-refractivity contribution in [3.63, 3.8) is 0 Å². The Kier molecular flexibility index (Phi) is 5.65. The predicted molar refractivity (Wildman–Crippen MR) is 129 cm³/mol. The van der Waals surface area contributed by atoms with Gasteiger partial charge in [-0.3, -0.25) is 4.90 Å². The van der Waals surface area contributed by atoms with Crippen molar-refractivity contribution in [2.75, 3.05) is 37.6 Å². The predicted octanol–water partition coefficient (Wildman–Crippen LogP) is 5.69. The van der Waals surface area contributed by atoms with Gasteiger partial charge in [0, 0.05) is 53.9 Å². The van der Waals surface area contributed by atoms with Gasteiger partial charge in [-0.25, -0.2) is 4.39 Å². The quantitative estimate of drug-likeness (QED) is 0.437. The molecule has 2 heterocycles. The average molecular weight is 435 g/mol. The number of benzene rings is 3. The number of thiophene rings is 1. The van der Waals surface area contributed by atoms with Crippen LogP contribution in [0.3, 0.4) is 0 Å². The molecule has 0 spiro atoms. The third-order valence-electron chi connectivity index (χ3n) is 6.45. The molecule has 0 bridgehead atoms. The van der Waals surface area contributed by atoms with Crippen LogP contribution in [0, 0.1) is 11.7 Å². The number of anilines is 1. The molecule has 1 saturated heterocycles. The second kappa shape index (κ2) is 8.58. The topological polar surface area (TPSA) is 26.7 Å². The summed E-state index contributed by atoms with van der Waals surface area (Å²) < 4.78 is 14.7. The van der Waals surface area contributed by atoms with Gasteiger partial charge in [-0.2, -0.15) is 0 Å². The highest BCUT2D eigenvalue weighted by Crippen LogP contribution is 2.35. The zero-order valence-corrected chi connectivity index (χ0v) is 18.5. The Bertz CT molecular complexity index is 1190. The summed E-state index contributed by atoms with van der Waals surface area (Å²) >= 11 is 1.57. The summed E-state index contributed by atoms with van der Waals surface area (Å²) in [7, 11) is 0. The summed E-state index contributed by atoms with van der Waals surface area (Å²) in [5.41, 5.74) is 2.15. The second-order valence-corrected chi connectivity index (χ2v) is 9.45. The van der Waals surface area contributed by atoms with E-state index in [1.807, 2.05) is 5.38 Å². The van der Waals surface area contributed by atoms with E-state index in [-0.39, 0.29) is 11.7 Å². The molecule has 1 aromatic heterocycles. The molecule has 0 saturated carbocycles. The smallest absolute Gasteiger partial charge is 0.123 e. The normalized spacial score (nSPS) is 17.3. The molecule has 5 heteroatoms. The highest BCUT2D eigenvalue weighted by Gasteiger charge is 2.25. The first kappa shape index (κ1) is 20.4. The van der Waals surface area contributed by atoms with Gasteiger partial charge < -0.3 is 10.0 Å². The summed E-state index contributed by atoms with van der Waals surface area (Å²) in [6.45, 7) is 6.81. The SMILES string of the molecule is CC(CN1CCN(c2cccc3ccccc23)CC1)C(O)c1csc2ccc(F)cc12. The summed E-state index contributed by atoms with van der Waals surface area (Å²) in [6, 6.07) is 19.9. The molecular formula is C26H27FN2OS. The molecule has 2 unspecified atom stereocenters. The molecule has 0 amide bonds. The Labute approximate surface area is 186 Å². The van der Waals surface area contributed by atoms with E-state index in [2.05, 4.69) is 59.2 Å². The van der Waals surface area contributed by atoms with E-state index in [0.717, 1.165) is 48.4 Å². The highest BCUT2D eigenvalue weighted by molar-refractivity contribution is 7.17. The fourth-order valence-electron chi connectivity index (χ4n) is 4.72. The molecule has 3 aromatic carbocycles. The minimum atomic E-state index is -0.591. The minimum Gasteiger partial charge on any atom is -0.388 e. The van der Waals surface area contributed by atoms with Crippen LogP contribution in [-0.2, 0) is 0 Å². The maximum atomic E-state index is 13.7. The summed E-state index contributed by atoms with van der Waals surface area (Å²) in [6.07, 6.45) is -0.591. The van der Waals surface area contributed by atoms with Crippen LogP contribution in [0.2, 0.25) is 0 Å². The van der Waals surface area contributed by atoms with Gasteiger partial charge >= 0.3 is 0 Å². The first-order valence-corrected chi connectivity index (χ1v) is 11.8. The molecule has 31 heavy (non-hydrogen) atoms. The summed E-state index contributed by atoms with van der Waals surface area (Å²) in [5.74, 6) is -0.179. The number of hydrogen-bond acceptors (Lipinski definition) is 4. The number of fused-ring (bicyclic) bond motifs is 2. The number of aliphatic hydroxyl groups is 1. The van der Waals surface area contributed by atoms with Crippen LogP contribution in [0.5, 0.6) is 0 Å². The van der Waals surface area contributed by atoms with Crippen molar-refractivity contribution < 1.29 is 9.50 Å². The molecule has 0 aliphatic carbocycles. The number of nitrogens with zero attached hydrogens (tertiary/aromatic N) is 2. The van der Waals surface area contributed by atoms with E-state index in [1.165, 1.54) is 22.5 Å². The van der Waals surface area contributed by atoms with Crippen molar-refractivity contribution in [2.24, 2.45) is 5.92 Å². The Morgan fingerprint density at radius 1 is 0.968 bits per heavy atom. The van der Waals surface area contributed by atoms with Crippen LogP contribution >= 0.6 is 11.3 Å². The molecule has 2 atom stereocenters. The van der Waals surface area contributed by atoms with Gasteiger partial charge in [0.05, 0.1) is 6.10 Å². The van der Waals surface area contributed by atoms with Crippen LogP contribution < -0.4 is 4.90 Å². The first-order valence-electron chi connectivity index (χ1n) is 10.9. The Hall–Kier alpha value is -2.47. The lowest BCUT2D eigenvalue weighted by Gasteiger charge is -2.38. The molecule has 0 radical (unpaired) electrons. The van der Waals surface area contributed by atoms with Crippen LogP contribution in [0.4, 0.5) is 10.1 Å². The fraction of sp³-hybridized carbons (Fsp3) is 0.308. The minimum absolute atomic E-state index is 0.0742. The van der Waals surface area contributed by atoms with Crippen LogP contribution in [0.25, 0.3) is 20.9 Å². The van der Waals surface area contributed by atoms with E-state index < -0.39 is 6.10 Å². The molecule has 160 valence electrons. The lowest BCUT2D eigenvalue weighted by molar-refractivity contribution is 0.0876. The largest absolute Gasteiger partial charge is 0.388 e. The third kappa shape index (κ3) is 4.05. The van der Waals surface area contributed by atoms with E-state index >= 15 is 0 Å². The van der Waals surface area contributed by atoms with E-state index in [0.29, 0.717) is 0 Å². The number of hydrogen-bond donors (Lipinski definition) is 1. The Morgan fingerprint density at radius 3 is 2.58 bits per heavy atom. The molecule has 1 aliphatic heterocycles. The monoisotopic (exact) mass is 434 g/mol. The van der Waals surface area contributed by atoms with Crippen LogP contribution in [0.1, 0.15) is 18.6 Å². The third-order valence-corrected chi connectivity index (χ3v) is 7.43. The zero-order chi connectivity index (χ0) is 21.4. The van der Waals surface area contributed by atoms with E-state index in [4.69, 9.17) is 0 Å².